The first-order chi connectivity index (χ1) is 33.3. The van der Waals surface area contributed by atoms with Crippen molar-refractivity contribution >= 4 is 16.7 Å². The van der Waals surface area contributed by atoms with Gasteiger partial charge >= 0.3 is 0 Å². The van der Waals surface area contributed by atoms with E-state index in [1.54, 1.807) is 0 Å². The van der Waals surface area contributed by atoms with Crippen LogP contribution in [0.3, 0.4) is 0 Å². The van der Waals surface area contributed by atoms with Gasteiger partial charge in [0.1, 0.15) is 5.75 Å². The third-order valence-corrected chi connectivity index (χ3v) is 19.8. The number of aromatic hydroxyl groups is 1. The molecule has 366 valence electrons. The summed E-state index contributed by atoms with van der Waals surface area (Å²) in [6, 6.07) is 25.2. The van der Waals surface area contributed by atoms with Crippen molar-refractivity contribution < 1.29 is 24.5 Å². The van der Waals surface area contributed by atoms with Gasteiger partial charge in [0.05, 0.1) is 42.5 Å². The van der Waals surface area contributed by atoms with E-state index in [0.717, 1.165) is 87.8 Å². The molecule has 3 aromatic carbocycles. The van der Waals surface area contributed by atoms with Gasteiger partial charge in [-0.1, -0.05) is 85.7 Å². The molecule has 0 radical (unpaired) electrons. The summed E-state index contributed by atoms with van der Waals surface area (Å²) < 4.78 is 12.6. The minimum absolute atomic E-state index is 0.0372. The van der Waals surface area contributed by atoms with E-state index in [0.29, 0.717) is 66.6 Å². The van der Waals surface area contributed by atoms with Crippen LogP contribution >= 0.6 is 0 Å². The number of nitrogens with two attached hydrogens (primary N) is 1. The van der Waals surface area contributed by atoms with E-state index in [4.69, 9.17) is 26.5 Å². The molecule has 1 saturated heterocycles. The standard InChI is InChI=1S/C61H77N3O5/c1-39-32-60(26-21-42(33-60)22-27-61(67)24-9-14-48(66)34-61)56-59(3,69-56)25-23-53-50(39)35-58(53,2)54-31-46(30-45(54)29-41-17-19-47(65)20-18-41)55-16-8-12-43(28-40-10-5-4-6-11-40)51(36-63-57(62)64-55)49-15-7-13-44-37-68-38-52(44)49/h4-7,10-11,13,15,17-20,37-38,42-43,45-46,48,50-51,53-56,65-67H,1,9,14,16,21-36H2,2-3H3,(H3,62,63,64)/t42-,43+,45+,46-,48-,50-,51-,53-,54+,55-,56-,58+,59-,60-,61+/m1/s1. The summed E-state index contributed by atoms with van der Waals surface area (Å²) in [6.07, 6.45) is 21.3. The van der Waals surface area contributed by atoms with E-state index < -0.39 is 5.60 Å². The topological polar surface area (TPSA) is 137 Å². The summed E-state index contributed by atoms with van der Waals surface area (Å²) in [7, 11) is 0. The molecule has 8 nitrogen and oxygen atoms in total. The highest BCUT2D eigenvalue weighted by atomic mass is 16.6. The second-order valence-electron chi connectivity index (χ2n) is 24.2. The lowest BCUT2D eigenvalue weighted by Gasteiger charge is -2.59. The van der Waals surface area contributed by atoms with Crippen LogP contribution < -0.4 is 11.1 Å². The SMILES string of the molecule is C=C1C[C@@]2(CC[C@H](CC[C@@]3(O)CCC[C@@H](O)C3)C2)[C@@H]2O[C@]2(C)CC[C@@H]2[C@@H]1C[C@]2(C)[C@H]1C[C@H]([C@H]2CC#C[C@@H](Cc3ccccc3)[C@H](c3cccc4cocc34)CN=C(N)N2)C[C@@H]1Cc1ccc(O)cc1. The largest absolute Gasteiger partial charge is 0.508 e. The van der Waals surface area contributed by atoms with Gasteiger partial charge in [0, 0.05) is 46.9 Å². The number of ether oxygens (including phenoxy) is 1. The van der Waals surface area contributed by atoms with Gasteiger partial charge in [0.15, 0.2) is 5.96 Å². The molecule has 5 saturated carbocycles. The molecule has 0 amide bonds. The van der Waals surface area contributed by atoms with Crippen LogP contribution in [0.5, 0.6) is 5.75 Å². The zero-order valence-electron chi connectivity index (χ0n) is 41.3. The van der Waals surface area contributed by atoms with E-state index in [1.165, 1.54) is 47.9 Å². The number of furan rings is 1. The van der Waals surface area contributed by atoms with Gasteiger partial charge in [-0.2, -0.15) is 0 Å². The van der Waals surface area contributed by atoms with Crippen molar-refractivity contribution in [3.63, 3.8) is 0 Å². The Morgan fingerprint density at radius 2 is 1.70 bits per heavy atom. The van der Waals surface area contributed by atoms with Gasteiger partial charge in [0.2, 0.25) is 0 Å². The monoisotopic (exact) mass is 932 g/mol. The zero-order valence-corrected chi connectivity index (χ0v) is 41.3. The van der Waals surface area contributed by atoms with Gasteiger partial charge in [-0.05, 0) is 179 Å². The van der Waals surface area contributed by atoms with Crippen LogP contribution in [0.1, 0.15) is 139 Å². The van der Waals surface area contributed by atoms with Gasteiger partial charge in [-0.25, -0.2) is 0 Å². The number of allylic oxidation sites excluding steroid dienone is 1. The quantitative estimate of drug-likeness (QED) is 0.0607. The molecule has 3 heterocycles. The molecule has 4 aromatic rings. The van der Waals surface area contributed by atoms with E-state index in [-0.39, 0.29) is 46.5 Å². The Bertz CT molecular complexity index is 2580. The smallest absolute Gasteiger partial charge is 0.188 e. The predicted octanol–water partition coefficient (Wildman–Crippen LogP) is 11.4. The fraction of sp³-hybridized carbons (Fsp3) is 0.590. The Labute approximate surface area is 411 Å². The third-order valence-electron chi connectivity index (χ3n) is 19.8. The Kier molecular flexibility index (Phi) is 12.6. The lowest BCUT2D eigenvalue weighted by atomic mass is 9.45. The summed E-state index contributed by atoms with van der Waals surface area (Å²) in [5.74, 6) is 11.6. The number of hydrogen-bond donors (Lipinski definition) is 5. The maximum Gasteiger partial charge on any atom is 0.188 e. The lowest BCUT2D eigenvalue weighted by molar-refractivity contribution is -0.0831. The Balaban J connectivity index is 0.840. The number of fused-ring (bicyclic) bond motifs is 4. The van der Waals surface area contributed by atoms with Crippen molar-refractivity contribution in [3.05, 3.63) is 114 Å². The molecule has 0 unspecified atom stereocenters. The summed E-state index contributed by atoms with van der Waals surface area (Å²) in [6.45, 7) is 10.5. The number of aliphatic hydroxyl groups is 2. The number of phenolic OH excluding ortho intramolecular Hbond substituents is 1. The van der Waals surface area contributed by atoms with Crippen LogP contribution in [0.25, 0.3) is 10.8 Å². The highest BCUT2D eigenvalue weighted by molar-refractivity contribution is 5.85. The van der Waals surface area contributed by atoms with E-state index in [1.807, 2.05) is 24.7 Å². The number of guanidine groups is 1. The number of phenols is 1. The highest BCUT2D eigenvalue weighted by Gasteiger charge is 2.67. The van der Waals surface area contributed by atoms with Gasteiger partial charge in [0.25, 0.3) is 0 Å². The van der Waals surface area contributed by atoms with Crippen molar-refractivity contribution in [2.45, 2.75) is 165 Å². The number of epoxide rings is 1. The van der Waals surface area contributed by atoms with Crippen LogP contribution in [0.4, 0.5) is 0 Å². The average Bonchev–Trinajstić information content (AvgIpc) is 3.72. The van der Waals surface area contributed by atoms with Crippen LogP contribution in [-0.2, 0) is 17.6 Å². The number of benzene rings is 3. The highest BCUT2D eigenvalue weighted by Crippen LogP contribution is 2.70. The van der Waals surface area contributed by atoms with Crippen LogP contribution in [0.2, 0.25) is 0 Å². The first-order valence-corrected chi connectivity index (χ1v) is 26.9. The van der Waals surface area contributed by atoms with Crippen LogP contribution in [0, 0.1) is 64.1 Å². The first kappa shape index (κ1) is 46.8. The molecule has 8 heteroatoms. The molecule has 15 atom stereocenters. The Hall–Kier alpha value is -4.55. The number of nitrogens with one attached hydrogen (secondary N) is 1. The molecule has 1 spiro atoms. The summed E-state index contributed by atoms with van der Waals surface area (Å²) in [5, 5.41) is 38.1. The molecule has 11 rings (SSSR count). The number of rotatable bonds is 10. The minimum atomic E-state index is -0.715. The van der Waals surface area contributed by atoms with Crippen molar-refractivity contribution in [1.82, 2.24) is 5.32 Å². The maximum absolute atomic E-state index is 11.4. The molecular weight excluding hydrogens is 855 g/mol. The number of nitrogens with zero attached hydrogens (tertiary/aromatic N) is 1. The fourth-order valence-corrected chi connectivity index (χ4v) is 16.2. The Morgan fingerprint density at radius 1 is 0.870 bits per heavy atom. The molecule has 0 bridgehead atoms. The van der Waals surface area contributed by atoms with Gasteiger partial charge in [-0.3, -0.25) is 4.99 Å². The molecule has 2 aliphatic heterocycles. The summed E-state index contributed by atoms with van der Waals surface area (Å²) in [4.78, 5) is 5.14. The molecule has 69 heavy (non-hydrogen) atoms. The Morgan fingerprint density at radius 3 is 2.52 bits per heavy atom. The minimum Gasteiger partial charge on any atom is -0.508 e. The average molecular weight is 932 g/mol. The van der Waals surface area contributed by atoms with Crippen molar-refractivity contribution in [2.24, 2.45) is 63.0 Å². The lowest BCUT2D eigenvalue weighted by Crippen LogP contribution is -2.52. The normalized spacial score (nSPS) is 39.9. The number of aliphatic hydroxyl groups excluding tert-OH is 1. The molecule has 6 fully saturated rings. The molecule has 7 aliphatic rings. The fourth-order valence-electron chi connectivity index (χ4n) is 16.2. The molecule has 6 N–H and O–H groups in total. The van der Waals surface area contributed by atoms with E-state index >= 15 is 0 Å². The third kappa shape index (κ3) is 9.31. The van der Waals surface area contributed by atoms with Crippen LogP contribution in [-0.4, -0.2) is 57.3 Å². The molecule has 5 aliphatic carbocycles. The summed E-state index contributed by atoms with van der Waals surface area (Å²) >= 11 is 0. The zero-order chi connectivity index (χ0) is 47.5. The van der Waals surface area contributed by atoms with Gasteiger partial charge < -0.3 is 35.5 Å². The molecular formula is C61H77N3O5. The first-order valence-electron chi connectivity index (χ1n) is 26.9. The second-order valence-corrected chi connectivity index (χ2v) is 24.2. The van der Waals surface area contributed by atoms with E-state index in [2.05, 4.69) is 91.7 Å². The van der Waals surface area contributed by atoms with Crippen LogP contribution in [0.15, 0.2) is 107 Å². The van der Waals surface area contributed by atoms with E-state index in [9.17, 15) is 15.3 Å². The van der Waals surface area contributed by atoms with Gasteiger partial charge in [-0.15, -0.1) is 5.92 Å². The second kappa shape index (κ2) is 18.6. The van der Waals surface area contributed by atoms with Crippen molar-refractivity contribution in [3.8, 4) is 17.6 Å². The maximum atomic E-state index is 11.4. The number of hydrogen-bond acceptors (Lipinski definition) is 8. The summed E-state index contributed by atoms with van der Waals surface area (Å²) in [5.41, 5.74) is 11.6. The predicted molar refractivity (Wildman–Crippen MR) is 274 cm³/mol. The van der Waals surface area contributed by atoms with Crippen molar-refractivity contribution in [2.75, 3.05) is 6.54 Å². The number of aliphatic imine (C=N–C) groups is 1. The van der Waals surface area contributed by atoms with Crippen molar-refractivity contribution in [1.29, 1.82) is 0 Å². The molecule has 1 aromatic heterocycles.